The van der Waals surface area contributed by atoms with Crippen LogP contribution in [0.4, 0.5) is 0 Å². The molecular weight excluding hydrogens is 214 g/mol. The molecule has 0 aliphatic carbocycles. The van der Waals surface area contributed by atoms with Crippen LogP contribution in [0.15, 0.2) is 49.2 Å². The van der Waals surface area contributed by atoms with Gasteiger partial charge in [0.2, 0.25) is 0 Å². The lowest BCUT2D eigenvalue weighted by Crippen LogP contribution is -2.13. The third kappa shape index (κ3) is 2.08. The molecule has 0 saturated heterocycles. The first-order valence-corrected chi connectivity index (χ1v) is 5.16. The fraction of sp³-hybridized carbons (Fsp3) is 0. The van der Waals surface area contributed by atoms with E-state index in [1.165, 1.54) is 4.57 Å². The Kier molecular flexibility index (Phi) is 3.01. The highest BCUT2D eigenvalue weighted by Gasteiger charge is 2.12. The number of benzene rings is 1. The average molecular weight is 225 g/mol. The quantitative estimate of drug-likeness (QED) is 0.753. The van der Waals surface area contributed by atoms with Gasteiger partial charge >= 0.3 is 0 Å². The normalized spacial score (nSPS) is 9.88. The molecular formula is C14H11NO2. The lowest BCUT2D eigenvalue weighted by molar-refractivity contribution is 0.0947. The van der Waals surface area contributed by atoms with E-state index in [4.69, 9.17) is 0 Å². The second kappa shape index (κ2) is 4.61. The van der Waals surface area contributed by atoms with Crippen LogP contribution in [0.1, 0.15) is 26.4 Å². The molecule has 0 fully saturated rings. The zero-order chi connectivity index (χ0) is 12.3. The second-order valence-corrected chi connectivity index (χ2v) is 3.56. The minimum absolute atomic E-state index is 0.221. The van der Waals surface area contributed by atoms with Crippen molar-refractivity contribution in [1.29, 1.82) is 0 Å². The topological polar surface area (TPSA) is 39.1 Å². The predicted molar refractivity (Wildman–Crippen MR) is 66.1 cm³/mol. The van der Waals surface area contributed by atoms with Gasteiger partial charge in [0.15, 0.2) is 6.29 Å². The first kappa shape index (κ1) is 11.1. The molecule has 0 saturated carbocycles. The number of hydrogen-bond donors (Lipinski definition) is 0. The Morgan fingerprint density at radius 3 is 2.53 bits per heavy atom. The zero-order valence-corrected chi connectivity index (χ0v) is 9.17. The van der Waals surface area contributed by atoms with Gasteiger partial charge in [0.05, 0.1) is 5.69 Å². The van der Waals surface area contributed by atoms with Crippen molar-refractivity contribution < 1.29 is 9.59 Å². The molecule has 3 nitrogen and oxygen atoms in total. The summed E-state index contributed by atoms with van der Waals surface area (Å²) in [6.07, 6.45) is 3.86. The molecule has 2 rings (SSSR count). The Morgan fingerprint density at radius 1 is 1.24 bits per heavy atom. The van der Waals surface area contributed by atoms with Gasteiger partial charge < -0.3 is 0 Å². The lowest BCUT2D eigenvalue weighted by atomic mass is 10.2. The Hall–Kier alpha value is -2.42. The number of carbonyl (C=O) groups excluding carboxylic acids is 2. The van der Waals surface area contributed by atoms with E-state index >= 15 is 0 Å². The molecule has 0 N–H and O–H groups in total. The van der Waals surface area contributed by atoms with Crippen LogP contribution in [-0.4, -0.2) is 16.8 Å². The number of nitrogens with zero attached hydrogens (tertiary/aromatic N) is 1. The van der Waals surface area contributed by atoms with Gasteiger partial charge in [-0.15, -0.1) is 0 Å². The Balaban J connectivity index is 2.47. The first-order chi connectivity index (χ1) is 8.26. The van der Waals surface area contributed by atoms with Crippen LogP contribution < -0.4 is 0 Å². The molecule has 0 amide bonds. The first-order valence-electron chi connectivity index (χ1n) is 5.16. The van der Waals surface area contributed by atoms with Gasteiger partial charge in [-0.3, -0.25) is 14.2 Å². The maximum Gasteiger partial charge on any atom is 0.262 e. The van der Waals surface area contributed by atoms with Crippen molar-refractivity contribution in [3.8, 4) is 0 Å². The average Bonchev–Trinajstić information content (AvgIpc) is 2.82. The van der Waals surface area contributed by atoms with Gasteiger partial charge in [0.25, 0.3) is 5.91 Å². The van der Waals surface area contributed by atoms with Gasteiger partial charge in [0, 0.05) is 11.8 Å². The standard InChI is InChI=1S/C14H11NO2/c1-2-11-8-13(10-16)15(9-11)14(17)12-6-4-3-5-7-12/h2-10H,1H2. The Morgan fingerprint density at radius 2 is 1.94 bits per heavy atom. The second-order valence-electron chi connectivity index (χ2n) is 3.56. The van der Waals surface area contributed by atoms with Crippen molar-refractivity contribution in [1.82, 2.24) is 4.57 Å². The van der Waals surface area contributed by atoms with E-state index in [9.17, 15) is 9.59 Å². The Bertz CT molecular complexity index is 567. The van der Waals surface area contributed by atoms with Gasteiger partial charge in [-0.2, -0.15) is 0 Å². The SMILES string of the molecule is C=Cc1cc(C=O)n(C(=O)c2ccccc2)c1. The zero-order valence-electron chi connectivity index (χ0n) is 9.17. The third-order valence-corrected chi connectivity index (χ3v) is 2.47. The fourth-order valence-corrected chi connectivity index (χ4v) is 1.60. The van der Waals surface area contributed by atoms with Crippen LogP contribution in [0.25, 0.3) is 6.08 Å². The minimum Gasteiger partial charge on any atom is -0.296 e. The molecule has 2 aromatic rings. The van der Waals surface area contributed by atoms with Crippen molar-refractivity contribution in [2.24, 2.45) is 0 Å². The van der Waals surface area contributed by atoms with Crippen molar-refractivity contribution in [2.75, 3.05) is 0 Å². The van der Waals surface area contributed by atoms with Crippen molar-refractivity contribution >= 4 is 18.3 Å². The van der Waals surface area contributed by atoms with Crippen LogP contribution in [0, 0.1) is 0 Å². The monoisotopic (exact) mass is 225 g/mol. The summed E-state index contributed by atoms with van der Waals surface area (Å²) in [7, 11) is 0. The summed E-state index contributed by atoms with van der Waals surface area (Å²) in [5.41, 5.74) is 1.62. The van der Waals surface area contributed by atoms with E-state index < -0.39 is 0 Å². The van der Waals surface area contributed by atoms with Crippen molar-refractivity contribution in [3.63, 3.8) is 0 Å². The van der Waals surface area contributed by atoms with Crippen molar-refractivity contribution in [3.05, 3.63) is 66.0 Å². The maximum absolute atomic E-state index is 12.1. The van der Waals surface area contributed by atoms with E-state index in [2.05, 4.69) is 6.58 Å². The molecule has 84 valence electrons. The molecule has 0 aliphatic heterocycles. The van der Waals surface area contributed by atoms with E-state index in [0.717, 1.165) is 5.56 Å². The molecule has 1 aromatic carbocycles. The fourth-order valence-electron chi connectivity index (χ4n) is 1.60. The van der Waals surface area contributed by atoms with E-state index in [-0.39, 0.29) is 5.91 Å². The molecule has 17 heavy (non-hydrogen) atoms. The van der Waals surface area contributed by atoms with Crippen molar-refractivity contribution in [2.45, 2.75) is 0 Å². The summed E-state index contributed by atoms with van der Waals surface area (Å²) < 4.78 is 1.33. The lowest BCUT2D eigenvalue weighted by Gasteiger charge is -2.03. The summed E-state index contributed by atoms with van der Waals surface area (Å²) >= 11 is 0. The Labute approximate surface area is 99.0 Å². The smallest absolute Gasteiger partial charge is 0.262 e. The summed E-state index contributed by atoms with van der Waals surface area (Å²) in [5, 5.41) is 0. The minimum atomic E-state index is -0.221. The van der Waals surface area contributed by atoms with Gasteiger partial charge in [0.1, 0.15) is 0 Å². The molecule has 1 heterocycles. The molecule has 0 unspecified atom stereocenters. The maximum atomic E-state index is 12.1. The summed E-state index contributed by atoms with van der Waals surface area (Å²) in [6.45, 7) is 3.61. The highest BCUT2D eigenvalue weighted by molar-refractivity contribution is 5.99. The number of aldehydes is 1. The van der Waals surface area contributed by atoms with Gasteiger partial charge in [-0.25, -0.2) is 0 Å². The highest BCUT2D eigenvalue weighted by atomic mass is 16.2. The summed E-state index contributed by atoms with van der Waals surface area (Å²) in [5.74, 6) is -0.221. The van der Waals surface area contributed by atoms with Gasteiger partial charge in [-0.05, 0) is 23.8 Å². The summed E-state index contributed by atoms with van der Waals surface area (Å²) in [4.78, 5) is 23.0. The number of aromatic nitrogens is 1. The molecule has 3 heteroatoms. The van der Waals surface area contributed by atoms with Crippen LogP contribution in [0.5, 0.6) is 0 Å². The van der Waals surface area contributed by atoms with E-state index in [0.29, 0.717) is 17.5 Å². The van der Waals surface area contributed by atoms with E-state index in [1.54, 1.807) is 42.6 Å². The third-order valence-electron chi connectivity index (χ3n) is 2.47. The van der Waals surface area contributed by atoms with Gasteiger partial charge in [-0.1, -0.05) is 30.9 Å². The molecule has 1 aromatic heterocycles. The van der Waals surface area contributed by atoms with Crippen LogP contribution in [0.2, 0.25) is 0 Å². The highest BCUT2D eigenvalue weighted by Crippen LogP contribution is 2.11. The van der Waals surface area contributed by atoms with E-state index in [1.807, 2.05) is 6.07 Å². The number of rotatable bonds is 3. The molecule has 0 spiro atoms. The number of hydrogen-bond acceptors (Lipinski definition) is 2. The largest absolute Gasteiger partial charge is 0.296 e. The molecule has 0 atom stereocenters. The van der Waals surface area contributed by atoms with Crippen LogP contribution in [-0.2, 0) is 0 Å². The predicted octanol–water partition coefficient (Wildman–Crippen LogP) is 2.63. The van der Waals surface area contributed by atoms with Crippen LogP contribution >= 0.6 is 0 Å². The molecule has 0 aliphatic rings. The number of carbonyl (C=O) groups is 2. The molecule has 0 bridgehead atoms. The van der Waals surface area contributed by atoms with Crippen LogP contribution in [0.3, 0.4) is 0 Å². The molecule has 0 radical (unpaired) electrons. The summed E-state index contributed by atoms with van der Waals surface area (Å²) in [6, 6.07) is 10.5.